The number of carbonyl (C=O) groups excluding carboxylic acids is 2. The molecule has 1 N–H and O–H groups in total. The number of benzene rings is 2. The highest BCUT2D eigenvalue weighted by Gasteiger charge is 2.38. The molecular formula is C23H26FN3O4S. The van der Waals surface area contributed by atoms with Gasteiger partial charge in [-0.25, -0.2) is 12.8 Å². The SMILES string of the molecule is CC(=O)N1c2ccc(S(=O)(=O)N3CCCCC3)cc2C[C@@H]1C(=O)NCc1ccc(F)cc1. The maximum absolute atomic E-state index is 13.1. The molecule has 2 aromatic carbocycles. The lowest BCUT2D eigenvalue weighted by Gasteiger charge is -2.26. The van der Waals surface area contributed by atoms with E-state index < -0.39 is 16.1 Å². The molecule has 1 fully saturated rings. The number of amides is 2. The fraction of sp³-hybridized carbons (Fsp3) is 0.391. The summed E-state index contributed by atoms with van der Waals surface area (Å²) < 4.78 is 40.7. The van der Waals surface area contributed by atoms with Gasteiger partial charge in [-0.15, -0.1) is 0 Å². The number of hydrogen-bond acceptors (Lipinski definition) is 4. The number of nitrogens with one attached hydrogen (secondary N) is 1. The monoisotopic (exact) mass is 459 g/mol. The van der Waals surface area contributed by atoms with Crippen LogP contribution in [0.4, 0.5) is 10.1 Å². The number of rotatable bonds is 5. The van der Waals surface area contributed by atoms with E-state index in [1.165, 1.54) is 34.3 Å². The Kier molecular flexibility index (Phi) is 6.30. The fourth-order valence-electron chi connectivity index (χ4n) is 4.35. The first-order valence-corrected chi connectivity index (χ1v) is 12.2. The molecule has 2 aromatic rings. The topological polar surface area (TPSA) is 86.8 Å². The van der Waals surface area contributed by atoms with Crippen LogP contribution in [0.25, 0.3) is 0 Å². The zero-order valence-electron chi connectivity index (χ0n) is 17.9. The predicted octanol–water partition coefficient (Wildman–Crippen LogP) is 2.59. The van der Waals surface area contributed by atoms with Gasteiger partial charge in [0.25, 0.3) is 0 Å². The summed E-state index contributed by atoms with van der Waals surface area (Å²) in [6, 6.07) is 9.74. The third-order valence-electron chi connectivity index (χ3n) is 6.01. The molecule has 32 heavy (non-hydrogen) atoms. The van der Waals surface area contributed by atoms with E-state index in [1.807, 2.05) is 0 Å². The van der Waals surface area contributed by atoms with E-state index in [9.17, 15) is 22.4 Å². The van der Waals surface area contributed by atoms with Crippen molar-refractivity contribution < 1.29 is 22.4 Å². The highest BCUT2D eigenvalue weighted by molar-refractivity contribution is 7.89. The number of fused-ring (bicyclic) bond motifs is 1. The minimum absolute atomic E-state index is 0.189. The Hall–Kier alpha value is -2.78. The lowest BCUT2D eigenvalue weighted by Crippen LogP contribution is -2.47. The predicted molar refractivity (Wildman–Crippen MR) is 118 cm³/mol. The molecule has 0 aliphatic carbocycles. The van der Waals surface area contributed by atoms with E-state index >= 15 is 0 Å². The van der Waals surface area contributed by atoms with Crippen molar-refractivity contribution in [1.82, 2.24) is 9.62 Å². The summed E-state index contributed by atoms with van der Waals surface area (Å²) in [5.41, 5.74) is 1.94. The largest absolute Gasteiger partial charge is 0.350 e. The molecule has 0 radical (unpaired) electrons. The van der Waals surface area contributed by atoms with Crippen LogP contribution in [0.1, 0.15) is 37.3 Å². The molecule has 0 aromatic heterocycles. The smallest absolute Gasteiger partial charge is 0.243 e. The lowest BCUT2D eigenvalue weighted by atomic mass is 10.1. The van der Waals surface area contributed by atoms with E-state index in [-0.39, 0.29) is 35.5 Å². The Balaban J connectivity index is 1.54. The third-order valence-corrected chi connectivity index (χ3v) is 7.90. The van der Waals surface area contributed by atoms with Crippen LogP contribution in [0.3, 0.4) is 0 Å². The maximum Gasteiger partial charge on any atom is 0.243 e. The molecule has 1 saturated heterocycles. The zero-order valence-corrected chi connectivity index (χ0v) is 18.7. The maximum atomic E-state index is 13.1. The van der Waals surface area contributed by atoms with Crippen molar-refractivity contribution in [1.29, 1.82) is 0 Å². The second-order valence-electron chi connectivity index (χ2n) is 8.21. The molecule has 9 heteroatoms. The quantitative estimate of drug-likeness (QED) is 0.745. The molecular weight excluding hydrogens is 433 g/mol. The molecule has 0 spiro atoms. The van der Waals surface area contributed by atoms with Gasteiger partial charge in [-0.1, -0.05) is 18.6 Å². The van der Waals surface area contributed by atoms with Crippen LogP contribution in [-0.2, 0) is 32.6 Å². The highest BCUT2D eigenvalue weighted by Crippen LogP contribution is 2.35. The molecule has 2 aliphatic heterocycles. The minimum Gasteiger partial charge on any atom is -0.350 e. The van der Waals surface area contributed by atoms with E-state index in [0.29, 0.717) is 24.3 Å². The average molecular weight is 460 g/mol. The minimum atomic E-state index is -3.61. The van der Waals surface area contributed by atoms with Gasteiger partial charge >= 0.3 is 0 Å². The van der Waals surface area contributed by atoms with Gasteiger partial charge in [0.15, 0.2) is 0 Å². The van der Waals surface area contributed by atoms with Crippen LogP contribution in [0.5, 0.6) is 0 Å². The Bertz CT molecular complexity index is 1130. The van der Waals surface area contributed by atoms with E-state index in [4.69, 9.17) is 0 Å². The molecule has 2 amide bonds. The average Bonchev–Trinajstić information content (AvgIpc) is 3.18. The number of sulfonamides is 1. The lowest BCUT2D eigenvalue weighted by molar-refractivity contribution is -0.125. The summed E-state index contributed by atoms with van der Waals surface area (Å²) in [4.78, 5) is 26.8. The summed E-state index contributed by atoms with van der Waals surface area (Å²) in [6.07, 6.45) is 2.95. The van der Waals surface area contributed by atoms with Crippen LogP contribution < -0.4 is 10.2 Å². The number of carbonyl (C=O) groups is 2. The molecule has 4 rings (SSSR count). The van der Waals surface area contributed by atoms with Crippen molar-refractivity contribution in [2.45, 2.75) is 50.1 Å². The van der Waals surface area contributed by atoms with Crippen LogP contribution in [-0.4, -0.2) is 43.7 Å². The Morgan fingerprint density at radius 2 is 1.75 bits per heavy atom. The first-order chi connectivity index (χ1) is 15.3. The van der Waals surface area contributed by atoms with Gasteiger partial charge in [0.1, 0.15) is 11.9 Å². The standard InChI is InChI=1S/C23H26FN3O4S/c1-16(28)27-21-10-9-20(32(30,31)26-11-3-2-4-12-26)13-18(21)14-22(27)23(29)25-15-17-5-7-19(24)8-6-17/h5-10,13,22H,2-4,11-12,14-15H2,1H3,(H,25,29)/t22-/m1/s1. The first kappa shape index (κ1) is 22.4. The summed E-state index contributed by atoms with van der Waals surface area (Å²) in [5.74, 6) is -0.997. The van der Waals surface area contributed by atoms with Crippen LogP contribution in [0, 0.1) is 5.82 Å². The highest BCUT2D eigenvalue weighted by atomic mass is 32.2. The van der Waals surface area contributed by atoms with Gasteiger partial charge in [-0.05, 0) is 54.3 Å². The summed E-state index contributed by atoms with van der Waals surface area (Å²) in [6.45, 7) is 2.60. The normalized spacial score (nSPS) is 18.9. The molecule has 0 bridgehead atoms. The van der Waals surface area contributed by atoms with Gasteiger partial charge in [0, 0.05) is 38.7 Å². The second-order valence-corrected chi connectivity index (χ2v) is 10.1. The molecule has 1 atom stereocenters. The molecule has 170 valence electrons. The van der Waals surface area contributed by atoms with Crippen molar-refractivity contribution >= 4 is 27.5 Å². The van der Waals surface area contributed by atoms with Crippen molar-refractivity contribution in [3.05, 3.63) is 59.4 Å². The van der Waals surface area contributed by atoms with Gasteiger partial charge in [-0.3, -0.25) is 14.5 Å². The second kappa shape index (κ2) is 8.99. The molecule has 7 nitrogen and oxygen atoms in total. The zero-order chi connectivity index (χ0) is 22.9. The van der Waals surface area contributed by atoms with Crippen molar-refractivity contribution in [3.8, 4) is 0 Å². The number of piperidine rings is 1. The van der Waals surface area contributed by atoms with Crippen molar-refractivity contribution in [2.75, 3.05) is 18.0 Å². The number of hydrogen-bond donors (Lipinski definition) is 1. The molecule has 2 heterocycles. The van der Waals surface area contributed by atoms with Crippen LogP contribution in [0.15, 0.2) is 47.4 Å². The summed E-state index contributed by atoms with van der Waals surface area (Å²) in [7, 11) is -3.61. The number of nitrogens with zero attached hydrogens (tertiary/aromatic N) is 2. The van der Waals surface area contributed by atoms with Crippen LogP contribution >= 0.6 is 0 Å². The van der Waals surface area contributed by atoms with E-state index in [1.54, 1.807) is 24.3 Å². The molecule has 2 aliphatic rings. The molecule has 0 saturated carbocycles. The van der Waals surface area contributed by atoms with Gasteiger partial charge in [0.2, 0.25) is 21.8 Å². The van der Waals surface area contributed by atoms with Gasteiger partial charge in [0.05, 0.1) is 4.90 Å². The van der Waals surface area contributed by atoms with Gasteiger partial charge < -0.3 is 5.32 Å². The van der Waals surface area contributed by atoms with E-state index in [2.05, 4.69) is 5.32 Å². The van der Waals surface area contributed by atoms with Gasteiger partial charge in [-0.2, -0.15) is 4.31 Å². The Morgan fingerprint density at radius 1 is 1.06 bits per heavy atom. The number of halogens is 1. The van der Waals surface area contributed by atoms with Crippen LogP contribution in [0.2, 0.25) is 0 Å². The summed E-state index contributed by atoms with van der Waals surface area (Å²) in [5, 5.41) is 2.79. The molecule has 0 unspecified atom stereocenters. The van der Waals surface area contributed by atoms with Crippen molar-refractivity contribution in [2.24, 2.45) is 0 Å². The summed E-state index contributed by atoms with van der Waals surface area (Å²) >= 11 is 0. The Labute approximate surface area is 187 Å². The Morgan fingerprint density at radius 3 is 2.41 bits per heavy atom. The first-order valence-electron chi connectivity index (χ1n) is 10.7. The third kappa shape index (κ3) is 4.40. The van der Waals surface area contributed by atoms with Crippen molar-refractivity contribution in [3.63, 3.8) is 0 Å². The fourth-order valence-corrected chi connectivity index (χ4v) is 5.92. The van der Waals surface area contributed by atoms with E-state index in [0.717, 1.165) is 24.8 Å². The number of anilines is 1.